The maximum atomic E-state index is 12.0. The van der Waals surface area contributed by atoms with E-state index in [1.165, 1.54) is 18.5 Å². The van der Waals surface area contributed by atoms with Gasteiger partial charge >= 0.3 is 6.61 Å². The third-order valence-electron chi connectivity index (χ3n) is 2.62. The van der Waals surface area contributed by atoms with Crippen LogP contribution in [0, 0.1) is 0 Å². The van der Waals surface area contributed by atoms with Crippen molar-refractivity contribution < 1.29 is 18.6 Å². The standard InChI is InChI=1S/C14H19F2N3O2/c1-11(19(2)8-3-9-20)17-10-18-12-4-6-13(7-5-12)21-14(15)16/h4-7,10,14,20H,1,3,8-9H2,2H3,(H,17,18). The third kappa shape index (κ3) is 6.71. The molecule has 7 heteroatoms. The van der Waals surface area contributed by atoms with Gasteiger partial charge in [-0.2, -0.15) is 8.78 Å². The van der Waals surface area contributed by atoms with Crippen molar-refractivity contribution in [3.8, 4) is 5.75 Å². The van der Waals surface area contributed by atoms with Gasteiger partial charge in [0.1, 0.15) is 11.6 Å². The number of aliphatic hydroxyl groups is 1. The molecule has 0 heterocycles. The van der Waals surface area contributed by atoms with E-state index in [0.29, 0.717) is 24.5 Å². The number of anilines is 1. The largest absolute Gasteiger partial charge is 0.435 e. The molecule has 0 amide bonds. The van der Waals surface area contributed by atoms with E-state index in [9.17, 15) is 8.78 Å². The molecule has 0 radical (unpaired) electrons. The second kappa shape index (κ2) is 8.91. The lowest BCUT2D eigenvalue weighted by Gasteiger charge is -2.17. The first-order valence-corrected chi connectivity index (χ1v) is 6.37. The molecular weight excluding hydrogens is 280 g/mol. The Morgan fingerprint density at radius 3 is 2.71 bits per heavy atom. The molecule has 0 unspecified atom stereocenters. The second-order valence-corrected chi connectivity index (χ2v) is 4.22. The molecule has 0 saturated heterocycles. The molecule has 0 aliphatic carbocycles. The number of nitrogens with zero attached hydrogens (tertiary/aromatic N) is 2. The summed E-state index contributed by atoms with van der Waals surface area (Å²) in [6.45, 7) is 1.73. The van der Waals surface area contributed by atoms with Gasteiger partial charge in [-0.15, -0.1) is 0 Å². The normalized spacial score (nSPS) is 10.9. The van der Waals surface area contributed by atoms with Crippen LogP contribution in [0.3, 0.4) is 0 Å². The molecule has 0 fully saturated rings. The summed E-state index contributed by atoms with van der Waals surface area (Å²) in [6.07, 6.45) is 2.10. The molecule has 21 heavy (non-hydrogen) atoms. The number of nitrogens with one attached hydrogen (secondary N) is 1. The Morgan fingerprint density at radius 2 is 2.14 bits per heavy atom. The van der Waals surface area contributed by atoms with E-state index in [1.54, 1.807) is 12.1 Å². The number of ether oxygens (including phenoxy) is 1. The fourth-order valence-electron chi connectivity index (χ4n) is 1.45. The molecule has 0 aliphatic heterocycles. The Bertz CT molecular complexity index is 464. The number of aliphatic hydroxyl groups excluding tert-OH is 1. The Labute approximate surface area is 122 Å². The highest BCUT2D eigenvalue weighted by Crippen LogP contribution is 2.17. The maximum Gasteiger partial charge on any atom is 0.387 e. The number of aliphatic imine (C=N–C) groups is 1. The lowest BCUT2D eigenvalue weighted by Crippen LogP contribution is -2.18. The van der Waals surface area contributed by atoms with Crippen LogP contribution in [-0.4, -0.2) is 43.2 Å². The molecule has 1 aromatic rings. The minimum atomic E-state index is -2.83. The Hall–Kier alpha value is -2.15. The lowest BCUT2D eigenvalue weighted by molar-refractivity contribution is -0.0498. The SMILES string of the molecule is C=C(/N=C/Nc1ccc(OC(F)F)cc1)N(C)CCCO. The van der Waals surface area contributed by atoms with Crippen LogP contribution >= 0.6 is 0 Å². The van der Waals surface area contributed by atoms with Gasteiger partial charge < -0.3 is 20.1 Å². The molecule has 0 aromatic heterocycles. The van der Waals surface area contributed by atoms with Crippen LogP contribution in [0.4, 0.5) is 14.5 Å². The summed E-state index contributed by atoms with van der Waals surface area (Å²) in [5, 5.41) is 11.6. The first kappa shape index (κ1) is 16.9. The van der Waals surface area contributed by atoms with Crippen molar-refractivity contribution in [2.75, 3.05) is 25.5 Å². The van der Waals surface area contributed by atoms with Crippen LogP contribution in [0.1, 0.15) is 6.42 Å². The number of hydrogen-bond acceptors (Lipinski definition) is 4. The van der Waals surface area contributed by atoms with Crippen LogP contribution in [0.5, 0.6) is 5.75 Å². The molecule has 0 bridgehead atoms. The fraction of sp³-hybridized carbons (Fsp3) is 0.357. The predicted molar refractivity (Wildman–Crippen MR) is 78.7 cm³/mol. The second-order valence-electron chi connectivity index (χ2n) is 4.22. The Kier molecular flexibility index (Phi) is 7.17. The zero-order valence-corrected chi connectivity index (χ0v) is 11.8. The van der Waals surface area contributed by atoms with E-state index in [0.717, 1.165) is 0 Å². The molecule has 0 saturated carbocycles. The molecule has 0 aliphatic rings. The highest BCUT2D eigenvalue weighted by molar-refractivity contribution is 5.76. The smallest absolute Gasteiger partial charge is 0.387 e. The monoisotopic (exact) mass is 299 g/mol. The predicted octanol–water partition coefficient (Wildman–Crippen LogP) is 2.51. The van der Waals surface area contributed by atoms with E-state index < -0.39 is 6.61 Å². The van der Waals surface area contributed by atoms with Gasteiger partial charge in [0.25, 0.3) is 0 Å². The van der Waals surface area contributed by atoms with Gasteiger partial charge in [0, 0.05) is 25.9 Å². The van der Waals surface area contributed by atoms with Gasteiger partial charge in [0.05, 0.1) is 6.34 Å². The summed E-state index contributed by atoms with van der Waals surface area (Å²) >= 11 is 0. The van der Waals surface area contributed by atoms with E-state index in [1.807, 2.05) is 11.9 Å². The molecule has 116 valence electrons. The van der Waals surface area contributed by atoms with Crippen LogP contribution in [-0.2, 0) is 0 Å². The molecule has 0 spiro atoms. The van der Waals surface area contributed by atoms with Crippen LogP contribution in [0.25, 0.3) is 0 Å². The van der Waals surface area contributed by atoms with Crippen molar-refractivity contribution in [3.05, 3.63) is 36.7 Å². The van der Waals surface area contributed by atoms with Gasteiger partial charge in [-0.1, -0.05) is 6.58 Å². The van der Waals surface area contributed by atoms with E-state index in [2.05, 4.69) is 21.6 Å². The third-order valence-corrected chi connectivity index (χ3v) is 2.62. The molecule has 5 nitrogen and oxygen atoms in total. The highest BCUT2D eigenvalue weighted by Gasteiger charge is 2.03. The first-order chi connectivity index (χ1) is 10.0. The van der Waals surface area contributed by atoms with Crippen LogP contribution < -0.4 is 10.1 Å². The Morgan fingerprint density at radius 1 is 1.48 bits per heavy atom. The van der Waals surface area contributed by atoms with Crippen molar-refractivity contribution in [2.24, 2.45) is 4.99 Å². The van der Waals surface area contributed by atoms with Gasteiger partial charge in [-0.05, 0) is 30.7 Å². The van der Waals surface area contributed by atoms with E-state index in [4.69, 9.17) is 5.11 Å². The molecule has 0 atom stereocenters. The molecule has 1 rings (SSSR count). The summed E-state index contributed by atoms with van der Waals surface area (Å²) in [5.74, 6) is 0.647. The van der Waals surface area contributed by atoms with Gasteiger partial charge in [0.2, 0.25) is 0 Å². The number of benzene rings is 1. The van der Waals surface area contributed by atoms with Crippen molar-refractivity contribution in [1.29, 1.82) is 0 Å². The first-order valence-electron chi connectivity index (χ1n) is 6.37. The number of rotatable bonds is 9. The average molecular weight is 299 g/mol. The summed E-state index contributed by atoms with van der Waals surface area (Å²) in [5.41, 5.74) is 0.686. The Balaban J connectivity index is 2.43. The summed E-state index contributed by atoms with van der Waals surface area (Å²) in [4.78, 5) is 5.92. The average Bonchev–Trinajstić information content (AvgIpc) is 2.45. The quantitative estimate of drug-likeness (QED) is 0.543. The van der Waals surface area contributed by atoms with Crippen molar-refractivity contribution in [1.82, 2.24) is 4.90 Å². The molecular formula is C14H19F2N3O2. The van der Waals surface area contributed by atoms with Crippen LogP contribution in [0.15, 0.2) is 41.7 Å². The molecule has 1 aromatic carbocycles. The topological polar surface area (TPSA) is 57.1 Å². The highest BCUT2D eigenvalue weighted by atomic mass is 19.3. The number of alkyl halides is 2. The number of halogens is 2. The van der Waals surface area contributed by atoms with Gasteiger partial charge in [-0.3, -0.25) is 0 Å². The van der Waals surface area contributed by atoms with Gasteiger partial charge in [-0.25, -0.2) is 4.99 Å². The summed E-state index contributed by atoms with van der Waals surface area (Å²) in [6, 6.07) is 6.07. The zero-order chi connectivity index (χ0) is 15.7. The van der Waals surface area contributed by atoms with Crippen molar-refractivity contribution >= 4 is 12.0 Å². The minimum Gasteiger partial charge on any atom is -0.435 e. The lowest BCUT2D eigenvalue weighted by atomic mass is 10.3. The van der Waals surface area contributed by atoms with E-state index in [-0.39, 0.29) is 12.4 Å². The zero-order valence-electron chi connectivity index (χ0n) is 11.8. The fourth-order valence-corrected chi connectivity index (χ4v) is 1.45. The molecule has 2 N–H and O–H groups in total. The van der Waals surface area contributed by atoms with E-state index >= 15 is 0 Å². The summed E-state index contributed by atoms with van der Waals surface area (Å²) in [7, 11) is 1.83. The minimum absolute atomic E-state index is 0.0978. The van der Waals surface area contributed by atoms with Crippen molar-refractivity contribution in [3.63, 3.8) is 0 Å². The number of hydrogen-bond donors (Lipinski definition) is 2. The summed E-state index contributed by atoms with van der Waals surface area (Å²) < 4.78 is 28.2. The van der Waals surface area contributed by atoms with Crippen LogP contribution in [0.2, 0.25) is 0 Å². The maximum absolute atomic E-state index is 12.0. The van der Waals surface area contributed by atoms with Crippen molar-refractivity contribution in [2.45, 2.75) is 13.0 Å². The van der Waals surface area contributed by atoms with Gasteiger partial charge in [0.15, 0.2) is 0 Å².